The number of carbonyl (C=O) groups is 1. The molecule has 1 N–H and O–H groups in total. The zero-order valence-electron chi connectivity index (χ0n) is 14.9. The summed E-state index contributed by atoms with van der Waals surface area (Å²) in [6.07, 6.45) is -0.681. The Kier molecular flexibility index (Phi) is 4.06. The van der Waals surface area contributed by atoms with E-state index in [-0.39, 0.29) is 22.3 Å². The predicted molar refractivity (Wildman–Crippen MR) is 95.1 cm³/mol. The number of benzene rings is 1. The van der Waals surface area contributed by atoms with Gasteiger partial charge in [-0.2, -0.15) is 4.39 Å². The van der Waals surface area contributed by atoms with Gasteiger partial charge in [-0.3, -0.25) is 4.79 Å². The molecule has 1 aromatic carbocycles. The van der Waals surface area contributed by atoms with Crippen molar-refractivity contribution in [2.45, 2.75) is 19.3 Å². The molecule has 2 aliphatic heterocycles. The first-order chi connectivity index (χ1) is 12.8. The van der Waals surface area contributed by atoms with E-state index >= 15 is 0 Å². The molecular weight excluding hydrogens is 360 g/mol. The number of likely N-dealkylation sites (N-methyl/N-ethyl adjacent to an activating group) is 1. The molecule has 1 unspecified atom stereocenters. The zero-order chi connectivity index (χ0) is 19.5. The number of hydrogen-bond acceptors (Lipinski definition) is 5. The lowest BCUT2D eigenvalue weighted by molar-refractivity contribution is 0.0167. The molecule has 0 saturated carbocycles. The van der Waals surface area contributed by atoms with Crippen LogP contribution in [0.1, 0.15) is 23.3 Å². The zero-order valence-corrected chi connectivity index (χ0v) is 14.9. The van der Waals surface area contributed by atoms with Gasteiger partial charge < -0.3 is 24.2 Å². The summed E-state index contributed by atoms with van der Waals surface area (Å²) in [6.45, 7) is 3.98. The van der Waals surface area contributed by atoms with E-state index in [9.17, 15) is 23.5 Å². The second kappa shape index (κ2) is 6.19. The Morgan fingerprint density at radius 2 is 1.96 bits per heavy atom. The molecule has 1 fully saturated rings. The maximum Gasteiger partial charge on any atom is 0.341 e. The lowest BCUT2D eigenvalue weighted by Gasteiger charge is -2.37. The molecule has 7 nitrogen and oxygen atoms in total. The first-order valence-electron chi connectivity index (χ1n) is 8.68. The average molecular weight is 379 g/mol. The van der Waals surface area contributed by atoms with E-state index in [2.05, 4.69) is 4.90 Å². The molecule has 0 aliphatic carbocycles. The summed E-state index contributed by atoms with van der Waals surface area (Å²) >= 11 is 0. The Labute approximate surface area is 153 Å². The van der Waals surface area contributed by atoms with Crippen LogP contribution in [0.4, 0.5) is 14.5 Å². The van der Waals surface area contributed by atoms with Crippen LogP contribution in [0.25, 0.3) is 10.9 Å². The molecule has 4 rings (SSSR count). The van der Waals surface area contributed by atoms with Gasteiger partial charge in [0, 0.05) is 32.4 Å². The standard InChI is InChI=1S/C18H19F2N3O4/c1-9-17(20)27-16-13-10(15(24)11(18(25)26)8-23(9)13)7-12(19)14(16)22-5-3-21(2)4-6-22/h7-9,17H,3-6H2,1-2H3,(H,25,26)/t9-,17?/m0/s1. The number of hydrogen-bond donors (Lipinski definition) is 1. The van der Waals surface area contributed by atoms with E-state index in [4.69, 9.17) is 4.74 Å². The molecular formula is C18H19F2N3O4. The number of alkyl halides is 1. The van der Waals surface area contributed by atoms with Gasteiger partial charge in [-0.15, -0.1) is 0 Å². The highest BCUT2D eigenvalue weighted by molar-refractivity contribution is 5.97. The third-order valence-electron chi connectivity index (χ3n) is 5.30. The van der Waals surface area contributed by atoms with Gasteiger partial charge in [-0.25, -0.2) is 9.18 Å². The number of carboxylic acids is 1. The van der Waals surface area contributed by atoms with Gasteiger partial charge in [0.1, 0.15) is 11.3 Å². The Bertz CT molecular complexity index is 998. The number of ether oxygens (including phenoxy) is 1. The number of aromatic nitrogens is 1. The smallest absolute Gasteiger partial charge is 0.341 e. The van der Waals surface area contributed by atoms with Gasteiger partial charge in [0.25, 0.3) is 6.36 Å². The van der Waals surface area contributed by atoms with Crippen LogP contribution in [0.3, 0.4) is 0 Å². The maximum atomic E-state index is 15.0. The third kappa shape index (κ3) is 2.64. The molecule has 0 amide bonds. The van der Waals surface area contributed by atoms with Gasteiger partial charge in [0.15, 0.2) is 11.6 Å². The fourth-order valence-electron chi connectivity index (χ4n) is 3.69. The monoisotopic (exact) mass is 379 g/mol. The fourth-order valence-corrected chi connectivity index (χ4v) is 3.69. The van der Waals surface area contributed by atoms with Crippen LogP contribution in [0.2, 0.25) is 0 Å². The summed E-state index contributed by atoms with van der Waals surface area (Å²) in [6, 6.07) is 0.177. The van der Waals surface area contributed by atoms with Crippen molar-refractivity contribution in [1.82, 2.24) is 9.47 Å². The summed E-state index contributed by atoms with van der Waals surface area (Å²) < 4.78 is 36.3. The summed E-state index contributed by atoms with van der Waals surface area (Å²) in [7, 11) is 1.96. The number of pyridine rings is 1. The normalized spacial score (nSPS) is 22.7. The first kappa shape index (κ1) is 17.7. The van der Waals surface area contributed by atoms with Crippen molar-refractivity contribution in [3.05, 3.63) is 33.9 Å². The minimum atomic E-state index is -1.79. The van der Waals surface area contributed by atoms with E-state index in [0.29, 0.717) is 26.2 Å². The molecule has 0 spiro atoms. The SMILES string of the molecule is C[C@H]1C(F)Oc2c(N3CCN(C)CC3)c(F)cc3c(=O)c(C(=O)O)cn1c23. The molecule has 1 saturated heterocycles. The van der Waals surface area contributed by atoms with Crippen LogP contribution in [0.5, 0.6) is 5.75 Å². The van der Waals surface area contributed by atoms with E-state index in [1.54, 1.807) is 4.90 Å². The second-order valence-electron chi connectivity index (χ2n) is 7.02. The highest BCUT2D eigenvalue weighted by Gasteiger charge is 2.35. The van der Waals surface area contributed by atoms with Gasteiger partial charge in [0.2, 0.25) is 5.43 Å². The quantitative estimate of drug-likeness (QED) is 0.858. The molecule has 144 valence electrons. The Hall–Kier alpha value is -2.68. The Balaban J connectivity index is 2.03. The predicted octanol–water partition coefficient (Wildman–Crippen LogP) is 1.84. The van der Waals surface area contributed by atoms with E-state index < -0.39 is 35.2 Å². The summed E-state index contributed by atoms with van der Waals surface area (Å²) in [5.41, 5.74) is -1.00. The lowest BCUT2D eigenvalue weighted by Crippen LogP contribution is -2.45. The summed E-state index contributed by atoms with van der Waals surface area (Å²) in [5, 5.41) is 9.17. The largest absolute Gasteiger partial charge is 0.477 e. The molecule has 2 aromatic rings. The van der Waals surface area contributed by atoms with Crippen molar-refractivity contribution in [2.24, 2.45) is 0 Å². The summed E-state index contributed by atoms with van der Waals surface area (Å²) in [5.74, 6) is -2.21. The van der Waals surface area contributed by atoms with Crippen molar-refractivity contribution < 1.29 is 23.4 Å². The fraction of sp³-hybridized carbons (Fsp3) is 0.444. The number of aromatic carboxylic acids is 1. The van der Waals surface area contributed by atoms with Gasteiger partial charge >= 0.3 is 5.97 Å². The van der Waals surface area contributed by atoms with E-state index in [1.807, 2.05) is 7.05 Å². The maximum absolute atomic E-state index is 15.0. The molecule has 2 aliphatic rings. The van der Waals surface area contributed by atoms with Gasteiger partial charge in [-0.05, 0) is 20.0 Å². The molecule has 9 heteroatoms. The number of carboxylic acid groups (broad SMARTS) is 1. The molecule has 1 aromatic heterocycles. The number of anilines is 1. The van der Waals surface area contributed by atoms with Crippen molar-refractivity contribution in [3.8, 4) is 5.75 Å². The molecule has 2 atom stereocenters. The highest BCUT2D eigenvalue weighted by Crippen LogP contribution is 2.43. The van der Waals surface area contributed by atoms with Crippen LogP contribution >= 0.6 is 0 Å². The number of nitrogens with zero attached hydrogens (tertiary/aromatic N) is 3. The molecule has 0 radical (unpaired) electrons. The Morgan fingerprint density at radius 3 is 2.59 bits per heavy atom. The first-order valence-corrected chi connectivity index (χ1v) is 8.68. The molecule has 3 heterocycles. The van der Waals surface area contributed by atoms with Crippen LogP contribution in [-0.2, 0) is 0 Å². The van der Waals surface area contributed by atoms with Crippen molar-refractivity contribution in [1.29, 1.82) is 0 Å². The van der Waals surface area contributed by atoms with Gasteiger partial charge in [0.05, 0.1) is 16.9 Å². The Morgan fingerprint density at radius 1 is 1.30 bits per heavy atom. The van der Waals surface area contributed by atoms with E-state index in [0.717, 1.165) is 12.3 Å². The third-order valence-corrected chi connectivity index (χ3v) is 5.30. The van der Waals surface area contributed by atoms with Crippen LogP contribution < -0.4 is 15.1 Å². The minimum absolute atomic E-state index is 0.0470. The summed E-state index contributed by atoms with van der Waals surface area (Å²) in [4.78, 5) is 27.8. The van der Waals surface area contributed by atoms with Crippen LogP contribution in [0.15, 0.2) is 17.1 Å². The van der Waals surface area contributed by atoms with Crippen molar-refractivity contribution >= 4 is 22.6 Å². The van der Waals surface area contributed by atoms with Crippen LogP contribution in [-0.4, -0.2) is 60.1 Å². The van der Waals surface area contributed by atoms with Crippen molar-refractivity contribution in [3.63, 3.8) is 0 Å². The molecule has 0 bridgehead atoms. The molecule has 27 heavy (non-hydrogen) atoms. The van der Waals surface area contributed by atoms with Crippen molar-refractivity contribution in [2.75, 3.05) is 38.1 Å². The van der Waals surface area contributed by atoms with E-state index in [1.165, 1.54) is 11.5 Å². The highest BCUT2D eigenvalue weighted by atomic mass is 19.1. The second-order valence-corrected chi connectivity index (χ2v) is 7.02. The average Bonchev–Trinajstić information content (AvgIpc) is 2.62. The number of piperazine rings is 1. The topological polar surface area (TPSA) is 75.0 Å². The number of rotatable bonds is 2. The van der Waals surface area contributed by atoms with Gasteiger partial charge in [-0.1, -0.05) is 0 Å². The minimum Gasteiger partial charge on any atom is -0.477 e. The number of halogens is 2. The lowest BCUT2D eigenvalue weighted by atomic mass is 10.0. The van der Waals surface area contributed by atoms with Crippen LogP contribution in [0, 0.1) is 5.82 Å².